The van der Waals surface area contributed by atoms with Crippen molar-refractivity contribution in [3.8, 4) is 11.3 Å². The molecule has 78 valence electrons. The minimum atomic E-state index is 0.607. The molecule has 3 rings (SSSR count). The largest absolute Gasteiger partial charge is 0.218 e. The van der Waals surface area contributed by atoms with E-state index in [1.54, 1.807) is 0 Å². The molecule has 4 heteroatoms. The Hall–Kier alpha value is -1.68. The van der Waals surface area contributed by atoms with E-state index in [1.165, 1.54) is 0 Å². The second-order valence-corrected chi connectivity index (χ2v) is 4.14. The maximum absolute atomic E-state index is 4.31. The number of hydrogen-bond donors (Lipinski definition) is 0. The Kier molecular flexibility index (Phi) is 2.22. The molecule has 16 heavy (non-hydrogen) atoms. The molecule has 0 amide bonds. The molecule has 0 saturated heterocycles. The topological polar surface area (TPSA) is 30.2 Å². The van der Waals surface area contributed by atoms with Crippen molar-refractivity contribution < 1.29 is 0 Å². The summed E-state index contributed by atoms with van der Waals surface area (Å²) in [6, 6.07) is 16.1. The summed E-state index contributed by atoms with van der Waals surface area (Å²) < 4.78 is 2.44. The number of pyridine rings is 1. The maximum atomic E-state index is 4.31. The van der Waals surface area contributed by atoms with E-state index >= 15 is 0 Å². The van der Waals surface area contributed by atoms with E-state index in [2.05, 4.69) is 38.1 Å². The fourth-order valence-corrected chi connectivity index (χ4v) is 2.05. The molecule has 0 aliphatic rings. The van der Waals surface area contributed by atoms with Crippen LogP contribution in [0, 0.1) is 0 Å². The summed E-state index contributed by atoms with van der Waals surface area (Å²) in [7, 11) is 0. The zero-order chi connectivity index (χ0) is 11.0. The van der Waals surface area contributed by atoms with Crippen molar-refractivity contribution >= 4 is 21.6 Å². The molecule has 2 heterocycles. The minimum Gasteiger partial charge on any atom is -0.212 e. The number of hydrogen-bond acceptors (Lipinski definition) is 2. The third-order valence-corrected chi connectivity index (χ3v) is 2.74. The molecule has 3 nitrogen and oxygen atoms in total. The van der Waals surface area contributed by atoms with Gasteiger partial charge in [0.25, 0.3) is 0 Å². The van der Waals surface area contributed by atoms with Crippen LogP contribution in [0.3, 0.4) is 0 Å². The van der Waals surface area contributed by atoms with E-state index in [1.807, 2.05) is 40.9 Å². The Morgan fingerprint density at radius 2 is 1.75 bits per heavy atom. The molecule has 0 aliphatic carbocycles. The molecule has 2 aromatic heterocycles. The summed E-state index contributed by atoms with van der Waals surface area (Å²) in [5.41, 5.74) is 3.01. The van der Waals surface area contributed by atoms with E-state index in [0.717, 1.165) is 16.9 Å². The van der Waals surface area contributed by atoms with Crippen molar-refractivity contribution in [3.05, 3.63) is 53.3 Å². The standard InChI is InChI=1S/C12H8BrN3/c13-12-14-11-8-4-7-10(16(11)15-12)9-5-2-1-3-6-9/h1-8H. The Morgan fingerprint density at radius 3 is 2.56 bits per heavy atom. The lowest BCUT2D eigenvalue weighted by molar-refractivity contribution is 0.953. The fraction of sp³-hybridized carbons (Fsp3) is 0. The molecule has 0 atom stereocenters. The summed E-state index contributed by atoms with van der Waals surface area (Å²) in [6.07, 6.45) is 0. The Morgan fingerprint density at radius 1 is 0.938 bits per heavy atom. The highest BCUT2D eigenvalue weighted by atomic mass is 79.9. The summed E-state index contributed by atoms with van der Waals surface area (Å²) in [4.78, 5) is 4.27. The molecule has 0 spiro atoms. The lowest BCUT2D eigenvalue weighted by atomic mass is 10.1. The molecule has 0 fully saturated rings. The summed E-state index contributed by atoms with van der Waals surface area (Å²) in [6.45, 7) is 0. The Balaban J connectivity index is 2.31. The van der Waals surface area contributed by atoms with Crippen LogP contribution in [0.25, 0.3) is 16.9 Å². The molecule has 0 unspecified atom stereocenters. The maximum Gasteiger partial charge on any atom is 0.218 e. The molecule has 0 bridgehead atoms. The predicted octanol–water partition coefficient (Wildman–Crippen LogP) is 3.16. The van der Waals surface area contributed by atoms with Gasteiger partial charge in [-0.05, 0) is 28.1 Å². The van der Waals surface area contributed by atoms with Crippen LogP contribution in [-0.2, 0) is 0 Å². The van der Waals surface area contributed by atoms with Gasteiger partial charge in [0.15, 0.2) is 5.65 Å². The third kappa shape index (κ3) is 1.51. The molecule has 0 saturated carbocycles. The van der Waals surface area contributed by atoms with Crippen LogP contribution in [0.2, 0.25) is 0 Å². The van der Waals surface area contributed by atoms with Gasteiger partial charge in [0, 0.05) is 5.56 Å². The normalized spacial score (nSPS) is 10.8. The van der Waals surface area contributed by atoms with Crippen molar-refractivity contribution in [1.82, 2.24) is 14.6 Å². The second kappa shape index (κ2) is 3.72. The second-order valence-electron chi connectivity index (χ2n) is 3.43. The Bertz CT molecular complexity index is 631. The molecule has 3 aromatic rings. The van der Waals surface area contributed by atoms with Gasteiger partial charge in [-0.2, -0.15) is 0 Å². The van der Waals surface area contributed by atoms with E-state index in [9.17, 15) is 0 Å². The van der Waals surface area contributed by atoms with Gasteiger partial charge in [0.05, 0.1) is 5.69 Å². The Labute approximate surface area is 101 Å². The summed E-state index contributed by atoms with van der Waals surface area (Å²) in [5, 5.41) is 4.31. The zero-order valence-electron chi connectivity index (χ0n) is 8.34. The first-order chi connectivity index (χ1) is 7.84. The number of fused-ring (bicyclic) bond motifs is 1. The van der Waals surface area contributed by atoms with Crippen LogP contribution in [0.4, 0.5) is 0 Å². The van der Waals surface area contributed by atoms with Gasteiger partial charge in [-0.1, -0.05) is 36.4 Å². The van der Waals surface area contributed by atoms with Gasteiger partial charge in [-0.25, -0.2) is 9.50 Å². The van der Waals surface area contributed by atoms with Crippen molar-refractivity contribution in [1.29, 1.82) is 0 Å². The van der Waals surface area contributed by atoms with Crippen LogP contribution in [0.15, 0.2) is 53.3 Å². The van der Waals surface area contributed by atoms with Crippen molar-refractivity contribution in [2.75, 3.05) is 0 Å². The number of halogens is 1. The van der Waals surface area contributed by atoms with Crippen molar-refractivity contribution in [3.63, 3.8) is 0 Å². The zero-order valence-corrected chi connectivity index (χ0v) is 9.92. The molecule has 0 radical (unpaired) electrons. The summed E-state index contributed by atoms with van der Waals surface area (Å²) >= 11 is 3.29. The van der Waals surface area contributed by atoms with Crippen LogP contribution in [0.1, 0.15) is 0 Å². The van der Waals surface area contributed by atoms with E-state index in [-0.39, 0.29) is 0 Å². The molecular formula is C12H8BrN3. The monoisotopic (exact) mass is 273 g/mol. The first-order valence-corrected chi connectivity index (χ1v) is 5.70. The third-order valence-electron chi connectivity index (χ3n) is 2.40. The average Bonchev–Trinajstić information content (AvgIpc) is 2.70. The van der Waals surface area contributed by atoms with Crippen LogP contribution in [0.5, 0.6) is 0 Å². The van der Waals surface area contributed by atoms with E-state index < -0.39 is 0 Å². The quantitative estimate of drug-likeness (QED) is 0.682. The smallest absolute Gasteiger partial charge is 0.212 e. The highest BCUT2D eigenvalue weighted by Gasteiger charge is 2.06. The predicted molar refractivity (Wildman–Crippen MR) is 66.1 cm³/mol. The van der Waals surface area contributed by atoms with Gasteiger partial charge < -0.3 is 0 Å². The van der Waals surface area contributed by atoms with Crippen LogP contribution in [-0.4, -0.2) is 14.6 Å². The lowest BCUT2D eigenvalue weighted by Crippen LogP contribution is -1.92. The average molecular weight is 274 g/mol. The minimum absolute atomic E-state index is 0.607. The van der Waals surface area contributed by atoms with Gasteiger partial charge in [0.2, 0.25) is 4.73 Å². The molecule has 1 aromatic carbocycles. The SMILES string of the molecule is Brc1nc2cccc(-c3ccccc3)n2n1. The first kappa shape index (κ1) is 9.54. The number of benzene rings is 1. The number of aromatic nitrogens is 3. The van der Waals surface area contributed by atoms with Gasteiger partial charge >= 0.3 is 0 Å². The van der Waals surface area contributed by atoms with Gasteiger partial charge in [0.1, 0.15) is 0 Å². The molecule has 0 aliphatic heterocycles. The van der Waals surface area contributed by atoms with E-state index in [4.69, 9.17) is 0 Å². The van der Waals surface area contributed by atoms with Gasteiger partial charge in [-0.3, -0.25) is 0 Å². The van der Waals surface area contributed by atoms with Crippen LogP contribution < -0.4 is 0 Å². The van der Waals surface area contributed by atoms with Crippen molar-refractivity contribution in [2.24, 2.45) is 0 Å². The number of rotatable bonds is 1. The van der Waals surface area contributed by atoms with Crippen molar-refractivity contribution in [2.45, 2.75) is 0 Å². The lowest BCUT2D eigenvalue weighted by Gasteiger charge is -2.02. The number of nitrogens with zero attached hydrogens (tertiary/aromatic N) is 3. The highest BCUT2D eigenvalue weighted by Crippen LogP contribution is 2.20. The summed E-state index contributed by atoms with van der Waals surface area (Å²) in [5.74, 6) is 0. The highest BCUT2D eigenvalue weighted by molar-refractivity contribution is 9.10. The van der Waals surface area contributed by atoms with Crippen LogP contribution >= 0.6 is 15.9 Å². The molecular weight excluding hydrogens is 266 g/mol. The first-order valence-electron chi connectivity index (χ1n) is 4.91. The van der Waals surface area contributed by atoms with E-state index in [0.29, 0.717) is 4.73 Å². The fourth-order valence-electron chi connectivity index (χ4n) is 1.71. The molecule has 0 N–H and O–H groups in total. The van der Waals surface area contributed by atoms with Gasteiger partial charge in [-0.15, -0.1) is 5.10 Å².